The standard InChI is InChI=1S/C23H23N9O2/c1-13-8-15(10-16(9-13)23(34)26-5-7-33)19-18-4-3-6-32(18)31-21(30-19)14(2)29-22-17(11-24)20(25)27-12-28-22/h3-4,6,8-10,12,14,33H,5,7H2,1-2H3,(H,26,34)(H3,25,27,28,29). The zero-order valence-electron chi connectivity index (χ0n) is 18.6. The molecule has 1 atom stereocenters. The van der Waals surface area contributed by atoms with Crippen LogP contribution in [0.5, 0.6) is 0 Å². The lowest BCUT2D eigenvalue weighted by atomic mass is 10.0. The molecule has 11 nitrogen and oxygen atoms in total. The molecule has 5 N–H and O–H groups in total. The highest BCUT2D eigenvalue weighted by Crippen LogP contribution is 2.27. The van der Waals surface area contributed by atoms with Gasteiger partial charge in [0.2, 0.25) is 0 Å². The highest BCUT2D eigenvalue weighted by Gasteiger charge is 2.19. The fourth-order valence-corrected chi connectivity index (χ4v) is 3.56. The van der Waals surface area contributed by atoms with E-state index in [1.807, 2.05) is 44.3 Å². The zero-order valence-corrected chi connectivity index (χ0v) is 18.6. The number of aliphatic hydroxyl groups is 1. The number of benzene rings is 1. The van der Waals surface area contributed by atoms with Crippen LogP contribution in [-0.2, 0) is 0 Å². The largest absolute Gasteiger partial charge is 0.395 e. The lowest BCUT2D eigenvalue weighted by molar-refractivity contribution is 0.0944. The van der Waals surface area contributed by atoms with E-state index in [0.717, 1.165) is 16.6 Å². The highest BCUT2D eigenvalue weighted by atomic mass is 16.3. The predicted molar refractivity (Wildman–Crippen MR) is 126 cm³/mol. The molecule has 0 aliphatic heterocycles. The Balaban J connectivity index is 1.76. The van der Waals surface area contributed by atoms with Crippen molar-refractivity contribution in [3.63, 3.8) is 0 Å². The number of nitrogens with one attached hydrogen (secondary N) is 2. The lowest BCUT2D eigenvalue weighted by Gasteiger charge is -2.16. The summed E-state index contributed by atoms with van der Waals surface area (Å²) in [5, 5.41) is 28.8. The van der Waals surface area contributed by atoms with E-state index in [1.54, 1.807) is 16.6 Å². The number of nitrogens with two attached hydrogens (primary N) is 1. The number of rotatable bonds is 7. The van der Waals surface area contributed by atoms with E-state index in [0.29, 0.717) is 22.9 Å². The molecule has 172 valence electrons. The van der Waals surface area contributed by atoms with E-state index in [4.69, 9.17) is 15.8 Å². The van der Waals surface area contributed by atoms with Crippen LogP contribution in [0.25, 0.3) is 16.8 Å². The van der Waals surface area contributed by atoms with Gasteiger partial charge in [-0.1, -0.05) is 0 Å². The molecule has 0 radical (unpaired) electrons. The molecule has 4 aromatic rings. The summed E-state index contributed by atoms with van der Waals surface area (Å²) in [5.41, 5.74) is 9.46. The molecule has 0 saturated carbocycles. The minimum Gasteiger partial charge on any atom is -0.395 e. The number of nitrogen functional groups attached to an aromatic ring is 1. The summed E-state index contributed by atoms with van der Waals surface area (Å²) in [5.74, 6) is 0.549. The summed E-state index contributed by atoms with van der Waals surface area (Å²) < 4.78 is 1.71. The van der Waals surface area contributed by atoms with E-state index in [9.17, 15) is 10.1 Å². The van der Waals surface area contributed by atoms with Crippen molar-refractivity contribution in [1.29, 1.82) is 5.26 Å². The van der Waals surface area contributed by atoms with Gasteiger partial charge in [0.25, 0.3) is 5.91 Å². The van der Waals surface area contributed by atoms with Gasteiger partial charge in [-0.25, -0.2) is 19.5 Å². The molecule has 0 aliphatic rings. The Morgan fingerprint density at radius 2 is 2.15 bits per heavy atom. The number of amides is 1. The molecule has 3 aromatic heterocycles. The van der Waals surface area contributed by atoms with Crippen molar-refractivity contribution in [1.82, 2.24) is 29.9 Å². The first kappa shape index (κ1) is 22.6. The van der Waals surface area contributed by atoms with Crippen LogP contribution in [0.15, 0.2) is 42.9 Å². The van der Waals surface area contributed by atoms with Crippen molar-refractivity contribution in [2.75, 3.05) is 24.2 Å². The topological polar surface area (TPSA) is 167 Å². The van der Waals surface area contributed by atoms with E-state index >= 15 is 0 Å². The van der Waals surface area contributed by atoms with Crippen LogP contribution in [0.1, 0.15) is 40.3 Å². The number of anilines is 2. The number of carbonyl (C=O) groups is 1. The van der Waals surface area contributed by atoms with Crippen LogP contribution in [0, 0.1) is 18.3 Å². The molecule has 34 heavy (non-hydrogen) atoms. The first-order valence-corrected chi connectivity index (χ1v) is 10.5. The van der Waals surface area contributed by atoms with Crippen molar-refractivity contribution in [3.8, 4) is 17.3 Å². The van der Waals surface area contributed by atoms with Crippen molar-refractivity contribution >= 4 is 23.1 Å². The fraction of sp³-hybridized carbons (Fsp3) is 0.217. The Labute approximate surface area is 195 Å². The number of nitriles is 1. The molecule has 0 fully saturated rings. The number of hydrogen-bond acceptors (Lipinski definition) is 9. The first-order valence-electron chi connectivity index (χ1n) is 10.5. The van der Waals surface area contributed by atoms with Crippen molar-refractivity contribution in [2.24, 2.45) is 0 Å². The van der Waals surface area contributed by atoms with E-state index < -0.39 is 6.04 Å². The predicted octanol–water partition coefficient (Wildman–Crippen LogP) is 1.84. The van der Waals surface area contributed by atoms with Gasteiger partial charge in [0.15, 0.2) is 5.82 Å². The monoisotopic (exact) mass is 457 g/mol. The molecule has 1 unspecified atom stereocenters. The van der Waals surface area contributed by atoms with Crippen LogP contribution in [0.4, 0.5) is 11.6 Å². The molecule has 4 rings (SSSR count). The molecule has 0 aliphatic carbocycles. The van der Waals surface area contributed by atoms with Gasteiger partial charge in [-0.2, -0.15) is 10.4 Å². The summed E-state index contributed by atoms with van der Waals surface area (Å²) in [7, 11) is 0. The summed E-state index contributed by atoms with van der Waals surface area (Å²) in [4.78, 5) is 25.3. The first-order chi connectivity index (χ1) is 16.4. The summed E-state index contributed by atoms with van der Waals surface area (Å²) in [6, 6.07) is 10.8. The van der Waals surface area contributed by atoms with Crippen LogP contribution in [0.3, 0.4) is 0 Å². The van der Waals surface area contributed by atoms with Crippen LogP contribution < -0.4 is 16.4 Å². The third kappa shape index (κ3) is 4.48. The molecule has 0 saturated heterocycles. The van der Waals surface area contributed by atoms with E-state index in [-0.39, 0.29) is 30.4 Å². The molecular weight excluding hydrogens is 434 g/mol. The molecule has 1 aromatic carbocycles. The number of fused-ring (bicyclic) bond motifs is 1. The third-order valence-corrected chi connectivity index (χ3v) is 5.15. The lowest BCUT2D eigenvalue weighted by Crippen LogP contribution is -2.26. The molecule has 0 bridgehead atoms. The number of aliphatic hydroxyl groups excluding tert-OH is 1. The number of aromatic nitrogens is 5. The van der Waals surface area contributed by atoms with Gasteiger partial charge in [0.1, 0.15) is 29.6 Å². The quantitative estimate of drug-likeness (QED) is 0.324. The van der Waals surface area contributed by atoms with Gasteiger partial charge >= 0.3 is 0 Å². The van der Waals surface area contributed by atoms with Crippen LogP contribution in [-0.4, -0.2) is 48.7 Å². The maximum absolute atomic E-state index is 12.5. The smallest absolute Gasteiger partial charge is 0.251 e. The van der Waals surface area contributed by atoms with E-state index in [1.165, 1.54) is 6.33 Å². The summed E-state index contributed by atoms with van der Waals surface area (Å²) >= 11 is 0. The Morgan fingerprint density at radius 3 is 2.91 bits per heavy atom. The summed E-state index contributed by atoms with van der Waals surface area (Å²) in [6.07, 6.45) is 3.09. The van der Waals surface area contributed by atoms with E-state index in [2.05, 4.69) is 25.7 Å². The van der Waals surface area contributed by atoms with Gasteiger partial charge in [-0.05, 0) is 49.7 Å². The Kier molecular flexibility index (Phi) is 6.33. The number of hydrogen-bond donors (Lipinski definition) is 4. The van der Waals surface area contributed by atoms with Gasteiger partial charge in [0, 0.05) is 23.9 Å². The Bertz CT molecular complexity index is 1410. The Hall–Kier alpha value is -4.56. The van der Waals surface area contributed by atoms with Crippen LogP contribution >= 0.6 is 0 Å². The highest BCUT2D eigenvalue weighted by molar-refractivity contribution is 5.96. The second kappa shape index (κ2) is 9.51. The Morgan fingerprint density at radius 1 is 1.32 bits per heavy atom. The second-order valence-corrected chi connectivity index (χ2v) is 7.68. The normalized spacial score (nSPS) is 11.7. The maximum Gasteiger partial charge on any atom is 0.251 e. The van der Waals surface area contributed by atoms with Crippen molar-refractivity contribution in [3.05, 3.63) is 65.4 Å². The number of aryl methyl sites for hydroxylation is 1. The van der Waals surface area contributed by atoms with Gasteiger partial charge < -0.3 is 21.5 Å². The molecular formula is C23H23N9O2. The van der Waals surface area contributed by atoms with Crippen molar-refractivity contribution < 1.29 is 9.90 Å². The minimum absolute atomic E-state index is 0.0847. The average molecular weight is 457 g/mol. The average Bonchev–Trinajstić information content (AvgIpc) is 3.30. The molecule has 11 heteroatoms. The molecule has 0 spiro atoms. The second-order valence-electron chi connectivity index (χ2n) is 7.68. The van der Waals surface area contributed by atoms with Gasteiger partial charge in [-0.15, -0.1) is 0 Å². The number of nitrogens with zero attached hydrogens (tertiary/aromatic N) is 6. The van der Waals surface area contributed by atoms with Crippen molar-refractivity contribution in [2.45, 2.75) is 19.9 Å². The van der Waals surface area contributed by atoms with Gasteiger partial charge in [0.05, 0.1) is 23.9 Å². The maximum atomic E-state index is 12.5. The fourth-order valence-electron chi connectivity index (χ4n) is 3.56. The zero-order chi connectivity index (χ0) is 24.2. The minimum atomic E-state index is -0.427. The van der Waals surface area contributed by atoms with Crippen LogP contribution in [0.2, 0.25) is 0 Å². The molecule has 3 heterocycles. The molecule has 1 amide bonds. The summed E-state index contributed by atoms with van der Waals surface area (Å²) in [6.45, 7) is 3.78. The third-order valence-electron chi connectivity index (χ3n) is 5.15. The number of carbonyl (C=O) groups excluding carboxylic acids is 1. The SMILES string of the molecule is Cc1cc(C(=O)NCCO)cc(-c2nc(C(C)Nc3ncnc(N)c3C#N)nn3cccc23)c1. The van der Waals surface area contributed by atoms with Gasteiger partial charge in [-0.3, -0.25) is 4.79 Å².